The fourth-order valence-electron chi connectivity index (χ4n) is 2.92. The molecule has 0 aliphatic carbocycles. The van der Waals surface area contributed by atoms with Gasteiger partial charge in [0, 0.05) is 11.0 Å². The van der Waals surface area contributed by atoms with Crippen LogP contribution in [-0.2, 0) is 38.1 Å². The molecule has 0 N–H and O–H groups in total. The number of carbonyl (C=O) groups excluding carboxylic acids is 4. The minimum Gasteiger partial charge on any atom is -0.469 e. The van der Waals surface area contributed by atoms with Crippen molar-refractivity contribution in [3.8, 4) is 0 Å². The second-order valence-electron chi connectivity index (χ2n) is 7.40. The van der Waals surface area contributed by atoms with E-state index in [1.807, 2.05) is 18.2 Å². The van der Waals surface area contributed by atoms with E-state index < -0.39 is 52.1 Å². The van der Waals surface area contributed by atoms with Crippen molar-refractivity contribution < 1.29 is 48.0 Å². The Labute approximate surface area is 229 Å². The molecule has 0 fully saturated rings. The van der Waals surface area contributed by atoms with Crippen molar-refractivity contribution in [2.24, 2.45) is 5.92 Å². The third-order valence-electron chi connectivity index (χ3n) is 4.82. The minimum atomic E-state index is -1.36. The van der Waals surface area contributed by atoms with Crippen LogP contribution in [0.2, 0.25) is 0 Å². The predicted molar refractivity (Wildman–Crippen MR) is 140 cm³/mol. The molecule has 40 heavy (non-hydrogen) atoms. The summed E-state index contributed by atoms with van der Waals surface area (Å²) >= 11 is 0. The lowest BCUT2D eigenvalue weighted by Crippen LogP contribution is -2.35. The number of nitrogens with zero attached hydrogens (tertiary/aromatic N) is 2. The van der Waals surface area contributed by atoms with Crippen molar-refractivity contribution in [2.75, 3.05) is 35.0 Å². The maximum atomic E-state index is 11.8. The van der Waals surface area contributed by atoms with Crippen LogP contribution in [0.3, 0.4) is 0 Å². The molecule has 0 aromatic heterocycles. The van der Waals surface area contributed by atoms with Crippen molar-refractivity contribution in [3.05, 3.63) is 98.2 Å². The molecule has 14 heteroatoms. The van der Waals surface area contributed by atoms with Gasteiger partial charge < -0.3 is 18.9 Å². The largest absolute Gasteiger partial charge is 0.469 e. The molecule has 0 spiro atoms. The lowest BCUT2D eigenvalue weighted by atomic mass is 9.86. The molecule has 216 valence electrons. The quantitative estimate of drug-likeness (QED) is 0.135. The number of methoxy groups -OCH3 is 4. The summed E-state index contributed by atoms with van der Waals surface area (Å²) in [5.41, 5.74) is 1.34. The molecule has 0 bridgehead atoms. The van der Waals surface area contributed by atoms with Crippen LogP contribution < -0.4 is 0 Å². The molecular weight excluding hydrogens is 532 g/mol. The zero-order valence-corrected chi connectivity index (χ0v) is 22.3. The predicted octanol–water partition coefficient (Wildman–Crippen LogP) is 2.67. The van der Waals surface area contributed by atoms with Crippen molar-refractivity contribution in [3.63, 3.8) is 0 Å². The summed E-state index contributed by atoms with van der Waals surface area (Å²) < 4.78 is 17.5. The number of hydrogen-bond donors (Lipinski definition) is 0. The van der Waals surface area contributed by atoms with E-state index in [1.165, 1.54) is 20.3 Å². The van der Waals surface area contributed by atoms with E-state index in [0.29, 0.717) is 5.56 Å². The van der Waals surface area contributed by atoms with Crippen LogP contribution in [-0.4, -0.2) is 68.7 Å². The SMILES string of the molecule is COC(=O)C(C(=O)OC)C(C[N+](=O)[O-])c1ccccc1.COC(=O)CC(=O)OC.O=[N+]([O-])/C=C/c1ccccc1. The lowest BCUT2D eigenvalue weighted by molar-refractivity contribution is -0.484. The van der Waals surface area contributed by atoms with Gasteiger partial charge in [0.25, 0.3) is 0 Å². The molecule has 0 saturated carbocycles. The minimum absolute atomic E-state index is 0.312. The van der Waals surface area contributed by atoms with E-state index in [2.05, 4.69) is 18.9 Å². The van der Waals surface area contributed by atoms with E-state index in [0.717, 1.165) is 26.0 Å². The maximum absolute atomic E-state index is 11.8. The first-order valence-corrected chi connectivity index (χ1v) is 11.3. The molecule has 14 nitrogen and oxygen atoms in total. The third kappa shape index (κ3) is 14.6. The summed E-state index contributed by atoms with van der Waals surface area (Å²) in [5, 5.41) is 20.7. The highest BCUT2D eigenvalue weighted by Crippen LogP contribution is 2.27. The van der Waals surface area contributed by atoms with E-state index in [1.54, 1.807) is 42.5 Å². The number of hydrogen-bond acceptors (Lipinski definition) is 12. The first kappa shape index (κ1) is 34.9. The van der Waals surface area contributed by atoms with Gasteiger partial charge in [-0.3, -0.25) is 39.4 Å². The summed E-state index contributed by atoms with van der Waals surface area (Å²) in [4.78, 5) is 63.7. The standard InChI is InChI=1S/C13H15NO6.C8H7NO2.C5H8O4/c1-19-12(15)11(13(16)20-2)10(8-14(17)18)9-6-4-3-5-7-9;10-9(11)7-6-8-4-2-1-3-5-8;1-8-4(6)3-5(7)9-2/h3-7,10-11H,8H2,1-2H3;1-7H;3H2,1-2H3/b;7-6+;. The van der Waals surface area contributed by atoms with Crippen molar-refractivity contribution in [1.82, 2.24) is 0 Å². The molecule has 0 aliphatic heterocycles. The molecule has 2 aromatic carbocycles. The van der Waals surface area contributed by atoms with Crippen LogP contribution >= 0.6 is 0 Å². The zero-order chi connectivity index (χ0) is 30.5. The van der Waals surface area contributed by atoms with Crippen LogP contribution in [0.15, 0.2) is 66.9 Å². The van der Waals surface area contributed by atoms with Gasteiger partial charge >= 0.3 is 23.9 Å². The molecular formula is C26H30N2O12. The summed E-state index contributed by atoms with van der Waals surface area (Å²) in [5.74, 6) is -5.17. The highest BCUT2D eigenvalue weighted by Gasteiger charge is 2.40. The van der Waals surface area contributed by atoms with E-state index in [4.69, 9.17) is 0 Å². The Hall–Kier alpha value is -5.14. The molecule has 0 amide bonds. The van der Waals surface area contributed by atoms with Gasteiger partial charge in [-0.25, -0.2) is 0 Å². The molecule has 1 atom stereocenters. The van der Waals surface area contributed by atoms with E-state index >= 15 is 0 Å². The number of nitro groups is 2. The van der Waals surface area contributed by atoms with E-state index in [9.17, 15) is 39.4 Å². The van der Waals surface area contributed by atoms with Gasteiger partial charge in [0.15, 0.2) is 5.92 Å². The fourth-order valence-corrected chi connectivity index (χ4v) is 2.92. The number of benzene rings is 2. The monoisotopic (exact) mass is 562 g/mol. The Morgan fingerprint density at radius 2 is 1.20 bits per heavy atom. The number of rotatable bonds is 10. The third-order valence-corrected chi connectivity index (χ3v) is 4.82. The summed E-state index contributed by atoms with van der Waals surface area (Å²) in [6.07, 6.45) is 2.07. The van der Waals surface area contributed by atoms with Gasteiger partial charge in [-0.1, -0.05) is 60.7 Å². The highest BCUT2D eigenvalue weighted by molar-refractivity contribution is 5.96. The maximum Gasteiger partial charge on any atom is 0.320 e. The van der Waals surface area contributed by atoms with Gasteiger partial charge in [0.2, 0.25) is 12.7 Å². The summed E-state index contributed by atoms with van der Waals surface area (Å²) in [6.45, 7) is -0.571. The van der Waals surface area contributed by atoms with Crippen LogP contribution in [0.4, 0.5) is 0 Å². The average Bonchev–Trinajstić information content (AvgIpc) is 2.96. The van der Waals surface area contributed by atoms with Crippen LogP contribution in [0.5, 0.6) is 0 Å². The van der Waals surface area contributed by atoms with E-state index in [-0.39, 0.29) is 6.42 Å². The first-order chi connectivity index (χ1) is 19.0. The molecule has 2 aromatic rings. The molecule has 0 saturated heterocycles. The van der Waals surface area contributed by atoms with Gasteiger partial charge in [-0.05, 0) is 11.1 Å². The number of carbonyl (C=O) groups is 4. The average molecular weight is 563 g/mol. The Morgan fingerprint density at radius 3 is 1.57 bits per heavy atom. The highest BCUT2D eigenvalue weighted by atomic mass is 16.6. The molecule has 0 heterocycles. The Kier molecular flexibility index (Phi) is 17.3. The normalized spacial score (nSPS) is 10.5. The van der Waals surface area contributed by atoms with Crippen LogP contribution in [0, 0.1) is 26.1 Å². The smallest absolute Gasteiger partial charge is 0.320 e. The van der Waals surface area contributed by atoms with Gasteiger partial charge in [0.1, 0.15) is 6.42 Å². The molecule has 0 aliphatic rings. The van der Waals surface area contributed by atoms with Crippen molar-refractivity contribution >= 4 is 30.0 Å². The molecule has 0 radical (unpaired) electrons. The Balaban J connectivity index is 0.000000639. The second kappa shape index (κ2) is 19.9. The Bertz CT molecular complexity index is 1110. The Morgan fingerprint density at radius 1 is 0.750 bits per heavy atom. The van der Waals surface area contributed by atoms with Gasteiger partial charge in [-0.15, -0.1) is 0 Å². The summed E-state index contributed by atoms with van der Waals surface area (Å²) in [6, 6.07) is 17.5. The van der Waals surface area contributed by atoms with Crippen molar-refractivity contribution in [1.29, 1.82) is 0 Å². The fraction of sp³-hybridized carbons (Fsp3) is 0.308. The van der Waals surface area contributed by atoms with Crippen LogP contribution in [0.1, 0.15) is 23.5 Å². The van der Waals surface area contributed by atoms with Gasteiger partial charge in [0.05, 0.1) is 39.3 Å². The number of ether oxygens (including phenoxy) is 4. The number of esters is 4. The topological polar surface area (TPSA) is 191 Å². The van der Waals surface area contributed by atoms with Crippen LogP contribution in [0.25, 0.3) is 6.08 Å². The lowest BCUT2D eigenvalue weighted by Gasteiger charge is -2.20. The van der Waals surface area contributed by atoms with Gasteiger partial charge in [-0.2, -0.15) is 0 Å². The molecule has 2 rings (SSSR count). The zero-order valence-electron chi connectivity index (χ0n) is 22.3. The second-order valence-corrected chi connectivity index (χ2v) is 7.40. The summed E-state index contributed by atoms with van der Waals surface area (Å²) in [7, 11) is 4.66. The first-order valence-electron chi connectivity index (χ1n) is 11.3. The molecule has 1 unspecified atom stereocenters. The van der Waals surface area contributed by atoms with Crippen molar-refractivity contribution in [2.45, 2.75) is 12.3 Å².